The van der Waals surface area contributed by atoms with E-state index in [0.29, 0.717) is 6.54 Å². The van der Waals surface area contributed by atoms with Crippen LogP contribution in [-0.2, 0) is 4.79 Å². The van der Waals surface area contributed by atoms with Crippen molar-refractivity contribution in [2.75, 3.05) is 11.9 Å². The van der Waals surface area contributed by atoms with Crippen LogP contribution in [-0.4, -0.2) is 17.4 Å². The number of nitrogens with zero attached hydrogens (tertiary/aromatic N) is 1. The van der Waals surface area contributed by atoms with Crippen LogP contribution in [0.5, 0.6) is 0 Å². The van der Waals surface area contributed by atoms with Crippen molar-refractivity contribution in [3.8, 4) is 0 Å². The van der Waals surface area contributed by atoms with E-state index in [4.69, 9.17) is 5.73 Å². The monoisotopic (exact) mass is 255 g/mol. The van der Waals surface area contributed by atoms with Gasteiger partial charge in [0.1, 0.15) is 5.82 Å². The second kappa shape index (κ2) is 6.06. The van der Waals surface area contributed by atoms with Gasteiger partial charge in [-0.15, -0.1) is 0 Å². The summed E-state index contributed by atoms with van der Waals surface area (Å²) in [5.41, 5.74) is 5.03. The van der Waals surface area contributed by atoms with Crippen LogP contribution in [0.4, 0.5) is 15.8 Å². The number of nitrogens with one attached hydrogen (secondary N) is 1. The maximum atomic E-state index is 13.1. The van der Waals surface area contributed by atoms with Crippen LogP contribution in [0, 0.1) is 21.8 Å². The number of nitrogens with two attached hydrogens (primary N) is 1. The topological polar surface area (TPSA) is 98.3 Å². The highest BCUT2D eigenvalue weighted by atomic mass is 19.1. The van der Waals surface area contributed by atoms with Gasteiger partial charge in [0.15, 0.2) is 0 Å². The number of nitro groups is 1. The van der Waals surface area contributed by atoms with Crippen LogP contribution < -0.4 is 11.1 Å². The van der Waals surface area contributed by atoms with Gasteiger partial charge in [-0.3, -0.25) is 14.9 Å². The molecule has 0 fully saturated rings. The Hall–Kier alpha value is -2.02. The van der Waals surface area contributed by atoms with Crippen LogP contribution >= 0.6 is 0 Å². The minimum atomic E-state index is -0.772. The third kappa shape index (κ3) is 4.10. The summed E-state index contributed by atoms with van der Waals surface area (Å²) >= 11 is 0. The van der Waals surface area contributed by atoms with E-state index in [2.05, 4.69) is 5.32 Å². The third-order valence-electron chi connectivity index (χ3n) is 2.31. The number of nitro benzene ring substituents is 1. The normalized spacial score (nSPS) is 11.9. The number of anilines is 1. The van der Waals surface area contributed by atoms with Crippen LogP contribution in [0.3, 0.4) is 0 Å². The van der Waals surface area contributed by atoms with E-state index in [-0.39, 0.29) is 23.9 Å². The van der Waals surface area contributed by atoms with Crippen molar-refractivity contribution < 1.29 is 14.1 Å². The van der Waals surface area contributed by atoms with Crippen molar-refractivity contribution in [1.82, 2.24) is 0 Å². The summed E-state index contributed by atoms with van der Waals surface area (Å²) in [5, 5.41) is 12.9. The Morgan fingerprint density at radius 1 is 1.56 bits per heavy atom. The zero-order valence-electron chi connectivity index (χ0n) is 9.85. The van der Waals surface area contributed by atoms with Gasteiger partial charge in [0, 0.05) is 12.5 Å². The van der Waals surface area contributed by atoms with Crippen molar-refractivity contribution in [1.29, 1.82) is 0 Å². The number of halogens is 1. The molecule has 0 aromatic heterocycles. The molecule has 3 N–H and O–H groups in total. The molecule has 0 saturated carbocycles. The number of benzene rings is 1. The number of hydrogen-bond donors (Lipinski definition) is 2. The maximum absolute atomic E-state index is 13.1. The first-order chi connectivity index (χ1) is 8.42. The Balaban J connectivity index is 2.78. The SMILES string of the molecule is CC(CN)CC(=O)Nc1cc(F)cc([N+](=O)[O-])c1. The van der Waals surface area contributed by atoms with Crippen LogP contribution in [0.1, 0.15) is 13.3 Å². The molecule has 1 amide bonds. The molecule has 0 aliphatic heterocycles. The van der Waals surface area contributed by atoms with E-state index >= 15 is 0 Å². The highest BCUT2D eigenvalue weighted by Gasteiger charge is 2.13. The average molecular weight is 255 g/mol. The van der Waals surface area contributed by atoms with E-state index in [9.17, 15) is 19.3 Å². The van der Waals surface area contributed by atoms with Crippen molar-refractivity contribution in [3.05, 3.63) is 34.1 Å². The third-order valence-corrected chi connectivity index (χ3v) is 2.31. The molecule has 6 nitrogen and oxygen atoms in total. The fraction of sp³-hybridized carbons (Fsp3) is 0.364. The second-order valence-corrected chi connectivity index (χ2v) is 4.05. The van der Waals surface area contributed by atoms with Gasteiger partial charge in [0.2, 0.25) is 5.91 Å². The standard InChI is InChI=1S/C11H14FN3O3/c1-7(6-13)2-11(16)14-9-3-8(12)4-10(5-9)15(17)18/h3-5,7H,2,6,13H2,1H3,(H,14,16). The molecule has 0 spiro atoms. The Morgan fingerprint density at radius 2 is 2.22 bits per heavy atom. The minimum absolute atomic E-state index is 0.00598. The quantitative estimate of drug-likeness (QED) is 0.617. The molecule has 0 radical (unpaired) electrons. The van der Waals surface area contributed by atoms with E-state index in [1.54, 1.807) is 6.92 Å². The summed E-state index contributed by atoms with van der Waals surface area (Å²) in [6, 6.07) is 2.92. The van der Waals surface area contributed by atoms with Crippen molar-refractivity contribution in [2.24, 2.45) is 11.7 Å². The molecule has 18 heavy (non-hydrogen) atoms. The summed E-state index contributed by atoms with van der Waals surface area (Å²) < 4.78 is 13.1. The number of amides is 1. The minimum Gasteiger partial charge on any atom is -0.330 e. The van der Waals surface area contributed by atoms with Gasteiger partial charge in [0.25, 0.3) is 5.69 Å². The molecule has 0 heterocycles. The van der Waals surface area contributed by atoms with Gasteiger partial charge >= 0.3 is 0 Å². The van der Waals surface area contributed by atoms with E-state index in [1.165, 1.54) is 0 Å². The average Bonchev–Trinajstić information content (AvgIpc) is 2.27. The molecule has 1 aromatic carbocycles. The lowest BCUT2D eigenvalue weighted by Crippen LogP contribution is -2.20. The fourth-order valence-corrected chi connectivity index (χ4v) is 1.36. The van der Waals surface area contributed by atoms with Crippen LogP contribution in [0.25, 0.3) is 0 Å². The summed E-state index contributed by atoms with van der Waals surface area (Å²) in [6.45, 7) is 2.16. The van der Waals surface area contributed by atoms with E-state index in [0.717, 1.165) is 18.2 Å². The highest BCUT2D eigenvalue weighted by molar-refractivity contribution is 5.91. The van der Waals surface area contributed by atoms with Gasteiger partial charge in [-0.25, -0.2) is 4.39 Å². The zero-order valence-corrected chi connectivity index (χ0v) is 9.85. The Kier molecular flexibility index (Phi) is 4.73. The molecule has 1 atom stereocenters. The lowest BCUT2D eigenvalue weighted by molar-refractivity contribution is -0.385. The maximum Gasteiger partial charge on any atom is 0.274 e. The number of carbonyl (C=O) groups is 1. The number of carbonyl (C=O) groups excluding carboxylic acids is 1. The van der Waals surface area contributed by atoms with Gasteiger partial charge in [0.05, 0.1) is 16.7 Å². The smallest absolute Gasteiger partial charge is 0.274 e. The molecule has 7 heteroatoms. The molecule has 0 aliphatic carbocycles. The van der Waals surface area contributed by atoms with Gasteiger partial charge < -0.3 is 11.1 Å². The predicted molar refractivity (Wildman–Crippen MR) is 64.5 cm³/mol. The number of rotatable bonds is 5. The summed E-state index contributed by atoms with van der Waals surface area (Å²) in [5.74, 6) is -1.13. The first-order valence-corrected chi connectivity index (χ1v) is 5.37. The van der Waals surface area contributed by atoms with Crippen molar-refractivity contribution in [3.63, 3.8) is 0 Å². The lowest BCUT2D eigenvalue weighted by Gasteiger charge is -2.09. The first-order valence-electron chi connectivity index (χ1n) is 5.37. The van der Waals surface area contributed by atoms with Crippen LogP contribution in [0.2, 0.25) is 0 Å². The van der Waals surface area contributed by atoms with Crippen molar-refractivity contribution >= 4 is 17.3 Å². The Bertz CT molecular complexity index is 465. The van der Waals surface area contributed by atoms with E-state index in [1.807, 2.05) is 0 Å². The largest absolute Gasteiger partial charge is 0.330 e. The zero-order chi connectivity index (χ0) is 13.7. The molecule has 1 rings (SSSR count). The summed E-state index contributed by atoms with van der Waals surface area (Å²) in [6.07, 6.45) is 0.181. The fourth-order valence-electron chi connectivity index (χ4n) is 1.36. The Labute approximate surface area is 103 Å². The molecule has 1 unspecified atom stereocenters. The predicted octanol–water partition coefficient (Wildman–Crippen LogP) is 1.66. The molecule has 0 bridgehead atoms. The lowest BCUT2D eigenvalue weighted by atomic mass is 10.1. The summed E-state index contributed by atoms with van der Waals surface area (Å²) in [7, 11) is 0. The number of hydrogen-bond acceptors (Lipinski definition) is 4. The molecule has 0 aliphatic rings. The summed E-state index contributed by atoms with van der Waals surface area (Å²) in [4.78, 5) is 21.3. The van der Waals surface area contributed by atoms with Crippen LogP contribution in [0.15, 0.2) is 18.2 Å². The first kappa shape index (κ1) is 14.0. The molecule has 0 saturated heterocycles. The molecule has 1 aromatic rings. The van der Waals surface area contributed by atoms with Gasteiger partial charge in [-0.1, -0.05) is 6.92 Å². The number of non-ortho nitro benzene ring substituents is 1. The molecule has 98 valence electrons. The van der Waals surface area contributed by atoms with Crippen molar-refractivity contribution in [2.45, 2.75) is 13.3 Å². The second-order valence-electron chi connectivity index (χ2n) is 4.05. The van der Waals surface area contributed by atoms with E-state index < -0.39 is 16.4 Å². The molecular weight excluding hydrogens is 241 g/mol. The Morgan fingerprint density at radius 3 is 2.78 bits per heavy atom. The van der Waals surface area contributed by atoms with Gasteiger partial charge in [-0.2, -0.15) is 0 Å². The van der Waals surface area contributed by atoms with Gasteiger partial charge in [-0.05, 0) is 18.5 Å². The highest BCUT2D eigenvalue weighted by Crippen LogP contribution is 2.20. The molecular formula is C11H14FN3O3.